The number of hydrogen-bond acceptors (Lipinski definition) is 5. The third-order valence-electron chi connectivity index (χ3n) is 3.72. The monoisotopic (exact) mass is 341 g/mol. The molecule has 1 aromatic carbocycles. The van der Waals surface area contributed by atoms with Crippen LogP contribution in [0.2, 0.25) is 0 Å². The van der Waals surface area contributed by atoms with Gasteiger partial charge in [0.2, 0.25) is 10.0 Å². The standard InChI is InChI=1S/C15H23N3O4S/c1-12(19)10-17-5-7-18(8-6-17)15(20)14-4-2-3-13(9-14)11-23(16,21)22/h2-4,9,12,19H,5-8,10-11H2,1H3,(H2,16,21,22)/t12-/m0/s1. The molecule has 2 rings (SSSR count). The Morgan fingerprint density at radius 1 is 1.30 bits per heavy atom. The van der Waals surface area contributed by atoms with Crippen molar-refractivity contribution in [2.75, 3.05) is 32.7 Å². The SMILES string of the molecule is C[C@H](O)CN1CCN(C(=O)c2cccc(CS(N)(=O)=O)c2)CC1. The van der Waals surface area contributed by atoms with Crippen LogP contribution in [0.3, 0.4) is 0 Å². The molecule has 1 aromatic rings. The van der Waals surface area contributed by atoms with E-state index in [0.717, 1.165) is 0 Å². The summed E-state index contributed by atoms with van der Waals surface area (Å²) in [5.74, 6) is -0.394. The summed E-state index contributed by atoms with van der Waals surface area (Å²) in [6, 6.07) is 6.56. The predicted molar refractivity (Wildman–Crippen MR) is 87.3 cm³/mol. The van der Waals surface area contributed by atoms with Gasteiger partial charge in [-0.3, -0.25) is 9.69 Å². The zero-order chi connectivity index (χ0) is 17.0. The number of aliphatic hydroxyl groups excluding tert-OH is 1. The fourth-order valence-corrected chi connectivity index (χ4v) is 3.36. The number of aliphatic hydroxyl groups is 1. The Labute approximate surface area is 136 Å². The molecule has 0 aromatic heterocycles. The van der Waals surface area contributed by atoms with Gasteiger partial charge in [-0.1, -0.05) is 12.1 Å². The van der Waals surface area contributed by atoms with Crippen molar-refractivity contribution in [3.63, 3.8) is 0 Å². The lowest BCUT2D eigenvalue weighted by atomic mass is 10.1. The van der Waals surface area contributed by atoms with E-state index < -0.39 is 10.0 Å². The van der Waals surface area contributed by atoms with Crippen LogP contribution in [0.15, 0.2) is 24.3 Å². The fourth-order valence-electron chi connectivity index (χ4n) is 2.72. The summed E-state index contributed by atoms with van der Waals surface area (Å²) < 4.78 is 22.3. The van der Waals surface area contributed by atoms with Crippen molar-refractivity contribution < 1.29 is 18.3 Å². The molecule has 1 saturated heterocycles. The quantitative estimate of drug-likeness (QED) is 0.759. The van der Waals surface area contributed by atoms with E-state index in [0.29, 0.717) is 43.9 Å². The van der Waals surface area contributed by atoms with Crippen LogP contribution in [0.4, 0.5) is 0 Å². The largest absolute Gasteiger partial charge is 0.392 e. The highest BCUT2D eigenvalue weighted by Crippen LogP contribution is 2.12. The Bertz CT molecular complexity index is 652. The van der Waals surface area contributed by atoms with Gasteiger partial charge in [-0.05, 0) is 24.6 Å². The van der Waals surface area contributed by atoms with Crippen LogP contribution in [0.25, 0.3) is 0 Å². The van der Waals surface area contributed by atoms with Crippen LogP contribution in [-0.2, 0) is 15.8 Å². The smallest absolute Gasteiger partial charge is 0.253 e. The zero-order valence-corrected chi connectivity index (χ0v) is 14.0. The van der Waals surface area contributed by atoms with Crippen LogP contribution in [0.1, 0.15) is 22.8 Å². The number of nitrogens with zero attached hydrogens (tertiary/aromatic N) is 2. The number of hydrogen-bond donors (Lipinski definition) is 2. The van der Waals surface area contributed by atoms with Gasteiger partial charge in [-0.25, -0.2) is 13.6 Å². The number of benzene rings is 1. The molecule has 1 heterocycles. The average Bonchev–Trinajstić information content (AvgIpc) is 2.45. The molecule has 8 heteroatoms. The maximum absolute atomic E-state index is 12.5. The highest BCUT2D eigenvalue weighted by molar-refractivity contribution is 7.88. The number of amides is 1. The highest BCUT2D eigenvalue weighted by Gasteiger charge is 2.23. The van der Waals surface area contributed by atoms with Crippen LogP contribution in [0.5, 0.6) is 0 Å². The first-order valence-electron chi connectivity index (χ1n) is 7.54. The van der Waals surface area contributed by atoms with Gasteiger partial charge in [-0.15, -0.1) is 0 Å². The lowest BCUT2D eigenvalue weighted by Crippen LogP contribution is -2.50. The van der Waals surface area contributed by atoms with E-state index in [1.807, 2.05) is 0 Å². The Kier molecular flexibility index (Phi) is 5.74. The molecule has 128 valence electrons. The Morgan fingerprint density at radius 3 is 2.52 bits per heavy atom. The summed E-state index contributed by atoms with van der Waals surface area (Å²) >= 11 is 0. The molecule has 1 amide bonds. The molecule has 0 saturated carbocycles. The number of rotatable bonds is 5. The fraction of sp³-hybridized carbons (Fsp3) is 0.533. The topological polar surface area (TPSA) is 104 Å². The minimum Gasteiger partial charge on any atom is -0.392 e. The second kappa shape index (κ2) is 7.39. The zero-order valence-electron chi connectivity index (χ0n) is 13.2. The summed E-state index contributed by atoms with van der Waals surface area (Å²) in [7, 11) is -3.62. The van der Waals surface area contributed by atoms with Gasteiger partial charge in [0.1, 0.15) is 0 Å². The molecule has 3 N–H and O–H groups in total. The number of primary sulfonamides is 1. The van der Waals surface area contributed by atoms with Crippen molar-refractivity contribution in [1.82, 2.24) is 9.80 Å². The van der Waals surface area contributed by atoms with Crippen LogP contribution < -0.4 is 5.14 Å². The van der Waals surface area contributed by atoms with Gasteiger partial charge in [0.05, 0.1) is 11.9 Å². The van der Waals surface area contributed by atoms with Crippen LogP contribution in [-0.4, -0.2) is 68.1 Å². The van der Waals surface area contributed by atoms with Crippen molar-refractivity contribution in [2.24, 2.45) is 5.14 Å². The van der Waals surface area contributed by atoms with Crippen LogP contribution >= 0.6 is 0 Å². The Morgan fingerprint density at radius 2 is 1.96 bits per heavy atom. The van der Waals surface area contributed by atoms with Crippen molar-refractivity contribution in [2.45, 2.75) is 18.8 Å². The first kappa shape index (κ1) is 17.9. The van der Waals surface area contributed by atoms with Gasteiger partial charge in [0.15, 0.2) is 0 Å². The molecular formula is C15H23N3O4S. The number of β-amino-alcohol motifs (C(OH)–C–C–N with tert-alkyl or cyclic N) is 1. The lowest BCUT2D eigenvalue weighted by Gasteiger charge is -2.35. The lowest BCUT2D eigenvalue weighted by molar-refractivity contribution is 0.0554. The van der Waals surface area contributed by atoms with Gasteiger partial charge in [0.25, 0.3) is 5.91 Å². The summed E-state index contributed by atoms with van der Waals surface area (Å²) in [5.41, 5.74) is 0.973. The minimum atomic E-state index is -3.62. The molecule has 0 unspecified atom stereocenters. The van der Waals surface area contributed by atoms with Gasteiger partial charge in [-0.2, -0.15) is 0 Å². The van der Waals surface area contributed by atoms with E-state index in [-0.39, 0.29) is 17.8 Å². The van der Waals surface area contributed by atoms with E-state index in [1.165, 1.54) is 0 Å². The van der Waals surface area contributed by atoms with Gasteiger partial charge >= 0.3 is 0 Å². The first-order chi connectivity index (χ1) is 10.7. The van der Waals surface area contributed by atoms with Gasteiger partial charge in [0, 0.05) is 38.3 Å². The normalized spacial score (nSPS) is 18.0. The summed E-state index contributed by atoms with van der Waals surface area (Å²) in [6.07, 6.45) is -0.382. The van der Waals surface area contributed by atoms with Gasteiger partial charge < -0.3 is 10.0 Å². The van der Waals surface area contributed by atoms with E-state index in [1.54, 1.807) is 36.1 Å². The van der Waals surface area contributed by atoms with Crippen molar-refractivity contribution in [1.29, 1.82) is 0 Å². The summed E-state index contributed by atoms with van der Waals surface area (Å²) in [6.45, 7) is 4.96. The number of sulfonamides is 1. The average molecular weight is 341 g/mol. The molecule has 7 nitrogen and oxygen atoms in total. The number of carbonyl (C=O) groups is 1. The maximum atomic E-state index is 12.5. The molecule has 0 aliphatic carbocycles. The van der Waals surface area contributed by atoms with E-state index in [4.69, 9.17) is 5.14 Å². The second-order valence-electron chi connectivity index (χ2n) is 5.95. The molecular weight excluding hydrogens is 318 g/mol. The highest BCUT2D eigenvalue weighted by atomic mass is 32.2. The number of piperazine rings is 1. The third kappa shape index (κ3) is 5.58. The van der Waals surface area contributed by atoms with E-state index in [9.17, 15) is 18.3 Å². The first-order valence-corrected chi connectivity index (χ1v) is 9.25. The van der Waals surface area contributed by atoms with Crippen molar-refractivity contribution >= 4 is 15.9 Å². The van der Waals surface area contributed by atoms with E-state index in [2.05, 4.69) is 4.90 Å². The molecule has 1 atom stereocenters. The van der Waals surface area contributed by atoms with E-state index >= 15 is 0 Å². The molecule has 0 radical (unpaired) electrons. The molecule has 1 aliphatic heterocycles. The molecule has 0 bridgehead atoms. The molecule has 1 fully saturated rings. The second-order valence-corrected chi connectivity index (χ2v) is 7.56. The predicted octanol–water partition coefficient (Wildman–Crippen LogP) is -0.386. The van der Waals surface area contributed by atoms with Crippen molar-refractivity contribution in [3.8, 4) is 0 Å². The molecule has 1 aliphatic rings. The summed E-state index contributed by atoms with van der Waals surface area (Å²) in [5, 5.41) is 14.4. The van der Waals surface area contributed by atoms with Crippen molar-refractivity contribution in [3.05, 3.63) is 35.4 Å². The molecule has 23 heavy (non-hydrogen) atoms. The Hall–Kier alpha value is -1.48. The Balaban J connectivity index is 2.00. The number of nitrogens with two attached hydrogens (primary N) is 1. The summed E-state index contributed by atoms with van der Waals surface area (Å²) in [4.78, 5) is 16.4. The number of carbonyl (C=O) groups excluding carboxylic acids is 1. The van der Waals surface area contributed by atoms with Crippen LogP contribution in [0, 0.1) is 0 Å². The maximum Gasteiger partial charge on any atom is 0.253 e. The third-order valence-corrected chi connectivity index (χ3v) is 4.46. The molecule has 0 spiro atoms. The minimum absolute atomic E-state index is 0.113.